The standard InChI is InChI=1S/C8H15NO2/c1-6-9-8(2,3)7(11-6)5-10-4/h7H,5H2,1-4H3. The van der Waals surface area contributed by atoms with E-state index in [2.05, 4.69) is 4.99 Å². The molecule has 1 heterocycles. The molecule has 1 aliphatic heterocycles. The largest absolute Gasteiger partial charge is 0.473 e. The lowest BCUT2D eigenvalue weighted by Gasteiger charge is -2.21. The molecule has 0 N–H and O–H groups in total. The van der Waals surface area contributed by atoms with E-state index in [0.29, 0.717) is 6.61 Å². The third kappa shape index (κ3) is 1.71. The molecule has 0 saturated heterocycles. The number of rotatable bonds is 2. The quantitative estimate of drug-likeness (QED) is 0.603. The Kier molecular flexibility index (Phi) is 2.18. The van der Waals surface area contributed by atoms with E-state index >= 15 is 0 Å². The van der Waals surface area contributed by atoms with Gasteiger partial charge in [0.15, 0.2) is 5.90 Å². The van der Waals surface area contributed by atoms with Gasteiger partial charge in [0.1, 0.15) is 6.10 Å². The van der Waals surface area contributed by atoms with Gasteiger partial charge in [0.05, 0.1) is 12.1 Å². The van der Waals surface area contributed by atoms with Gasteiger partial charge in [-0.25, -0.2) is 4.99 Å². The Morgan fingerprint density at radius 1 is 1.64 bits per heavy atom. The van der Waals surface area contributed by atoms with Crippen LogP contribution < -0.4 is 0 Å². The molecular weight excluding hydrogens is 142 g/mol. The Labute approximate surface area is 67.4 Å². The molecule has 64 valence electrons. The molecule has 0 fully saturated rings. The Bertz CT molecular complexity index is 175. The van der Waals surface area contributed by atoms with Crippen molar-refractivity contribution in [2.45, 2.75) is 32.4 Å². The smallest absolute Gasteiger partial charge is 0.181 e. The molecule has 0 aromatic rings. The summed E-state index contributed by atoms with van der Waals surface area (Å²) in [6, 6.07) is 0. The Hall–Kier alpha value is -0.570. The minimum absolute atomic E-state index is 0.0764. The summed E-state index contributed by atoms with van der Waals surface area (Å²) < 4.78 is 10.5. The van der Waals surface area contributed by atoms with Crippen molar-refractivity contribution in [2.24, 2.45) is 4.99 Å². The van der Waals surface area contributed by atoms with Crippen molar-refractivity contribution in [1.82, 2.24) is 0 Å². The van der Waals surface area contributed by atoms with Gasteiger partial charge in [-0.05, 0) is 13.8 Å². The molecular formula is C8H15NO2. The molecule has 3 heteroatoms. The number of ether oxygens (including phenoxy) is 2. The van der Waals surface area contributed by atoms with Crippen molar-refractivity contribution < 1.29 is 9.47 Å². The molecule has 0 saturated carbocycles. The number of aliphatic imine (C=N–C) groups is 1. The van der Waals surface area contributed by atoms with Crippen LogP contribution in [0, 0.1) is 0 Å². The highest BCUT2D eigenvalue weighted by molar-refractivity contribution is 5.75. The van der Waals surface area contributed by atoms with Gasteiger partial charge in [0.25, 0.3) is 0 Å². The molecule has 0 amide bonds. The molecule has 11 heavy (non-hydrogen) atoms. The molecule has 1 atom stereocenters. The highest BCUT2D eigenvalue weighted by atomic mass is 16.5. The van der Waals surface area contributed by atoms with E-state index < -0.39 is 0 Å². The van der Waals surface area contributed by atoms with Gasteiger partial charge in [-0.15, -0.1) is 0 Å². The fraction of sp³-hybridized carbons (Fsp3) is 0.875. The lowest BCUT2D eigenvalue weighted by Crippen LogP contribution is -2.35. The van der Waals surface area contributed by atoms with Crippen LogP contribution in [-0.2, 0) is 9.47 Å². The zero-order valence-corrected chi connectivity index (χ0v) is 7.55. The van der Waals surface area contributed by atoms with Crippen molar-refractivity contribution in [3.05, 3.63) is 0 Å². The SMILES string of the molecule is COCC1OC(C)=NC1(C)C. The first kappa shape index (κ1) is 8.53. The first-order valence-electron chi connectivity index (χ1n) is 3.78. The zero-order chi connectivity index (χ0) is 8.48. The van der Waals surface area contributed by atoms with E-state index in [9.17, 15) is 0 Å². The van der Waals surface area contributed by atoms with Crippen LogP contribution in [0.1, 0.15) is 20.8 Å². The van der Waals surface area contributed by atoms with Crippen LogP contribution in [0.3, 0.4) is 0 Å². The van der Waals surface area contributed by atoms with Crippen molar-refractivity contribution >= 4 is 5.90 Å². The van der Waals surface area contributed by atoms with E-state index in [1.807, 2.05) is 20.8 Å². The maximum absolute atomic E-state index is 5.44. The first-order chi connectivity index (χ1) is 5.06. The lowest BCUT2D eigenvalue weighted by molar-refractivity contribution is 0.0534. The van der Waals surface area contributed by atoms with Gasteiger partial charge < -0.3 is 9.47 Å². The summed E-state index contributed by atoms with van der Waals surface area (Å²) in [5, 5.41) is 0. The van der Waals surface area contributed by atoms with Gasteiger partial charge in [0, 0.05) is 14.0 Å². The van der Waals surface area contributed by atoms with Gasteiger partial charge in [-0.3, -0.25) is 0 Å². The molecule has 0 aromatic heterocycles. The average Bonchev–Trinajstić information content (AvgIpc) is 2.07. The summed E-state index contributed by atoms with van der Waals surface area (Å²) >= 11 is 0. The zero-order valence-electron chi connectivity index (χ0n) is 7.55. The summed E-state index contributed by atoms with van der Waals surface area (Å²) in [7, 11) is 1.67. The summed E-state index contributed by atoms with van der Waals surface area (Å²) in [5.74, 6) is 0.761. The second kappa shape index (κ2) is 2.81. The van der Waals surface area contributed by atoms with Crippen LogP contribution in [0.25, 0.3) is 0 Å². The molecule has 0 aromatic carbocycles. The van der Waals surface area contributed by atoms with Gasteiger partial charge in [-0.1, -0.05) is 0 Å². The molecule has 3 nitrogen and oxygen atoms in total. The summed E-state index contributed by atoms with van der Waals surface area (Å²) in [4.78, 5) is 4.34. The average molecular weight is 157 g/mol. The second-order valence-electron chi connectivity index (χ2n) is 3.35. The summed E-state index contributed by atoms with van der Waals surface area (Å²) in [5.41, 5.74) is -0.125. The Balaban J connectivity index is 2.60. The molecule has 0 radical (unpaired) electrons. The molecule has 0 aliphatic carbocycles. The van der Waals surface area contributed by atoms with Gasteiger partial charge in [0.2, 0.25) is 0 Å². The van der Waals surface area contributed by atoms with Crippen LogP contribution in [0.15, 0.2) is 4.99 Å². The number of nitrogens with zero attached hydrogens (tertiary/aromatic N) is 1. The molecule has 0 spiro atoms. The fourth-order valence-corrected chi connectivity index (χ4v) is 1.24. The third-order valence-electron chi connectivity index (χ3n) is 1.86. The molecule has 1 unspecified atom stereocenters. The normalized spacial score (nSPS) is 28.0. The number of methoxy groups -OCH3 is 1. The minimum atomic E-state index is -0.125. The predicted octanol–water partition coefficient (Wildman–Crippen LogP) is 1.23. The van der Waals surface area contributed by atoms with Crippen LogP contribution in [0.2, 0.25) is 0 Å². The van der Waals surface area contributed by atoms with E-state index in [-0.39, 0.29) is 11.6 Å². The van der Waals surface area contributed by atoms with Crippen LogP contribution in [0.5, 0.6) is 0 Å². The maximum Gasteiger partial charge on any atom is 0.181 e. The van der Waals surface area contributed by atoms with Crippen molar-refractivity contribution in [2.75, 3.05) is 13.7 Å². The molecule has 0 bridgehead atoms. The Morgan fingerprint density at radius 3 is 2.64 bits per heavy atom. The number of hydrogen-bond acceptors (Lipinski definition) is 3. The van der Waals surface area contributed by atoms with E-state index in [0.717, 1.165) is 5.90 Å². The van der Waals surface area contributed by atoms with Crippen LogP contribution >= 0.6 is 0 Å². The maximum atomic E-state index is 5.44. The molecule has 1 aliphatic rings. The fourth-order valence-electron chi connectivity index (χ4n) is 1.24. The highest BCUT2D eigenvalue weighted by Crippen LogP contribution is 2.24. The van der Waals surface area contributed by atoms with E-state index in [4.69, 9.17) is 9.47 Å². The summed E-state index contributed by atoms with van der Waals surface area (Å²) in [6.45, 7) is 6.58. The lowest BCUT2D eigenvalue weighted by atomic mass is 10.00. The van der Waals surface area contributed by atoms with Crippen molar-refractivity contribution in [3.63, 3.8) is 0 Å². The van der Waals surface area contributed by atoms with Crippen molar-refractivity contribution in [3.8, 4) is 0 Å². The summed E-state index contributed by atoms with van der Waals surface area (Å²) in [6.07, 6.45) is 0.0764. The highest BCUT2D eigenvalue weighted by Gasteiger charge is 2.36. The first-order valence-corrected chi connectivity index (χ1v) is 3.78. The van der Waals surface area contributed by atoms with E-state index in [1.165, 1.54) is 0 Å². The minimum Gasteiger partial charge on any atom is -0.473 e. The number of hydrogen-bond donors (Lipinski definition) is 0. The second-order valence-corrected chi connectivity index (χ2v) is 3.35. The van der Waals surface area contributed by atoms with Gasteiger partial charge in [-0.2, -0.15) is 0 Å². The van der Waals surface area contributed by atoms with Crippen molar-refractivity contribution in [1.29, 1.82) is 0 Å². The van der Waals surface area contributed by atoms with E-state index in [1.54, 1.807) is 7.11 Å². The predicted molar refractivity (Wildman–Crippen MR) is 43.9 cm³/mol. The molecule has 1 rings (SSSR count). The topological polar surface area (TPSA) is 30.8 Å². The van der Waals surface area contributed by atoms with Gasteiger partial charge >= 0.3 is 0 Å². The van der Waals surface area contributed by atoms with Crippen LogP contribution in [0.4, 0.5) is 0 Å². The van der Waals surface area contributed by atoms with Crippen LogP contribution in [-0.4, -0.2) is 31.3 Å². The third-order valence-corrected chi connectivity index (χ3v) is 1.86. The Morgan fingerprint density at radius 2 is 2.27 bits per heavy atom. The monoisotopic (exact) mass is 157 g/mol.